The topological polar surface area (TPSA) is 42.4 Å². The second kappa shape index (κ2) is 3.63. The lowest BCUT2D eigenvalue weighted by Gasteiger charge is -2.09. The van der Waals surface area contributed by atoms with Crippen molar-refractivity contribution in [2.45, 2.75) is 19.8 Å². The van der Waals surface area contributed by atoms with Gasteiger partial charge in [-0.15, -0.1) is 0 Å². The van der Waals surface area contributed by atoms with E-state index in [4.69, 9.17) is 31.0 Å². The van der Waals surface area contributed by atoms with Gasteiger partial charge in [-0.05, 0) is 13.7 Å². The maximum Gasteiger partial charge on any atom is 0.233 e. The van der Waals surface area contributed by atoms with Crippen molar-refractivity contribution in [1.29, 1.82) is 0 Å². The van der Waals surface area contributed by atoms with Crippen LogP contribution in [0.4, 0.5) is 0 Å². The molecule has 1 aromatic heterocycles. The molecule has 0 saturated carbocycles. The SMILES string of the molecule is [2H]C([2H])([2H])C([2H])(Oc1ncc(O)cc1Cl)C([2H])([2H])[2H]. The molecule has 3 nitrogen and oxygen atoms in total. The van der Waals surface area contributed by atoms with Gasteiger partial charge in [0, 0.05) is 14.3 Å². The molecule has 0 aliphatic rings. The van der Waals surface area contributed by atoms with Gasteiger partial charge in [-0.3, -0.25) is 0 Å². The number of aromatic hydroxyl groups is 1. The molecule has 1 aromatic rings. The Morgan fingerprint density at radius 2 is 2.58 bits per heavy atom. The molecule has 1 rings (SSSR count). The van der Waals surface area contributed by atoms with E-state index in [9.17, 15) is 0 Å². The molecular formula is C8H10ClNO2. The summed E-state index contributed by atoms with van der Waals surface area (Å²) in [6.07, 6.45) is -2.33. The Balaban J connectivity index is 3.24. The molecule has 0 saturated heterocycles. The third-order valence-corrected chi connectivity index (χ3v) is 1.26. The lowest BCUT2D eigenvalue weighted by atomic mass is 10.4. The van der Waals surface area contributed by atoms with Crippen molar-refractivity contribution in [2.75, 3.05) is 0 Å². The highest BCUT2D eigenvalue weighted by atomic mass is 35.5. The molecular weight excluding hydrogens is 178 g/mol. The molecule has 66 valence electrons. The van der Waals surface area contributed by atoms with E-state index < -0.39 is 25.7 Å². The largest absolute Gasteiger partial charge is 0.506 e. The lowest BCUT2D eigenvalue weighted by molar-refractivity contribution is 0.232. The van der Waals surface area contributed by atoms with Crippen molar-refractivity contribution in [1.82, 2.24) is 4.98 Å². The molecule has 0 fully saturated rings. The molecule has 0 aromatic carbocycles. The fraction of sp³-hybridized carbons (Fsp3) is 0.375. The average Bonchev–Trinajstić information content (AvgIpc) is 2.18. The monoisotopic (exact) mass is 194 g/mol. The molecule has 0 aliphatic carbocycles. The highest BCUT2D eigenvalue weighted by Crippen LogP contribution is 2.25. The van der Waals surface area contributed by atoms with Gasteiger partial charge in [0.15, 0.2) is 0 Å². The predicted octanol–water partition coefficient (Wildman–Crippen LogP) is 2.23. The predicted molar refractivity (Wildman–Crippen MR) is 46.7 cm³/mol. The zero-order valence-corrected chi connectivity index (χ0v) is 6.59. The molecule has 1 N–H and O–H groups in total. The van der Waals surface area contributed by atoms with Crippen LogP contribution in [0, 0.1) is 0 Å². The number of hydrogen-bond acceptors (Lipinski definition) is 3. The Kier molecular flexibility index (Phi) is 1.03. The number of rotatable bonds is 2. The summed E-state index contributed by atoms with van der Waals surface area (Å²) in [4.78, 5) is 3.47. The van der Waals surface area contributed by atoms with Gasteiger partial charge in [-0.2, -0.15) is 0 Å². The number of halogens is 1. The van der Waals surface area contributed by atoms with E-state index >= 15 is 0 Å². The number of hydrogen-bond donors (Lipinski definition) is 1. The van der Waals surface area contributed by atoms with Crippen LogP contribution in [0.3, 0.4) is 0 Å². The van der Waals surface area contributed by atoms with Crippen LogP contribution in [0.5, 0.6) is 11.6 Å². The van der Waals surface area contributed by atoms with Gasteiger partial charge in [-0.25, -0.2) is 4.98 Å². The molecule has 0 amide bonds. The van der Waals surface area contributed by atoms with E-state index in [1.165, 1.54) is 0 Å². The summed E-state index contributed by atoms with van der Waals surface area (Å²) in [5.74, 6) is -0.864. The Morgan fingerprint density at radius 1 is 1.83 bits per heavy atom. The summed E-state index contributed by atoms with van der Waals surface area (Å²) in [6.45, 7) is -6.50. The second-order valence-corrected chi connectivity index (χ2v) is 2.32. The van der Waals surface area contributed by atoms with Crippen LogP contribution in [0.1, 0.15) is 23.3 Å². The van der Waals surface area contributed by atoms with Crippen molar-refractivity contribution >= 4 is 11.6 Å². The normalized spacial score (nSPS) is 21.9. The number of ether oxygens (including phenoxy) is 1. The first-order valence-electron chi connectivity index (χ1n) is 6.42. The first-order valence-corrected chi connectivity index (χ1v) is 3.30. The van der Waals surface area contributed by atoms with E-state index in [-0.39, 0.29) is 10.8 Å². The third kappa shape index (κ3) is 2.27. The van der Waals surface area contributed by atoms with Gasteiger partial charge in [0.1, 0.15) is 10.8 Å². The van der Waals surface area contributed by atoms with Gasteiger partial charge in [-0.1, -0.05) is 11.6 Å². The van der Waals surface area contributed by atoms with Crippen molar-refractivity contribution < 1.29 is 19.4 Å². The summed E-state index contributed by atoms with van der Waals surface area (Å²) in [5.41, 5.74) is 0. The highest BCUT2D eigenvalue weighted by molar-refractivity contribution is 6.31. The minimum Gasteiger partial charge on any atom is -0.506 e. The van der Waals surface area contributed by atoms with Crippen molar-refractivity contribution in [3.63, 3.8) is 0 Å². The smallest absolute Gasteiger partial charge is 0.233 e. The molecule has 1 heterocycles. The van der Waals surface area contributed by atoms with Crippen molar-refractivity contribution in [3.8, 4) is 11.6 Å². The van der Waals surface area contributed by atoms with E-state index in [1.54, 1.807) is 0 Å². The average molecular weight is 195 g/mol. The van der Waals surface area contributed by atoms with Gasteiger partial charge >= 0.3 is 0 Å². The third-order valence-electron chi connectivity index (χ3n) is 0.992. The quantitative estimate of drug-likeness (QED) is 0.785. The number of nitrogens with zero attached hydrogens (tertiary/aromatic N) is 1. The maximum atomic E-state index is 9.08. The van der Waals surface area contributed by atoms with Gasteiger partial charge < -0.3 is 9.84 Å². The number of aromatic nitrogens is 1. The highest BCUT2D eigenvalue weighted by Gasteiger charge is 2.05. The van der Waals surface area contributed by atoms with Gasteiger partial charge in [0.05, 0.1) is 13.6 Å². The second-order valence-electron chi connectivity index (χ2n) is 1.91. The molecule has 0 unspecified atom stereocenters. The van der Waals surface area contributed by atoms with Crippen LogP contribution in [0.25, 0.3) is 0 Å². The summed E-state index contributed by atoms with van der Waals surface area (Å²) >= 11 is 5.64. The van der Waals surface area contributed by atoms with Crippen LogP contribution >= 0.6 is 11.6 Å². The van der Waals surface area contributed by atoms with Crippen LogP contribution in [-0.2, 0) is 0 Å². The summed E-state index contributed by atoms with van der Waals surface area (Å²) in [5, 5.41) is 8.78. The lowest BCUT2D eigenvalue weighted by Crippen LogP contribution is -2.06. The van der Waals surface area contributed by atoms with Crippen molar-refractivity contribution in [2.24, 2.45) is 0 Å². The van der Waals surface area contributed by atoms with Gasteiger partial charge in [0.25, 0.3) is 0 Å². The first kappa shape index (κ1) is 3.42. The summed E-state index contributed by atoms with van der Waals surface area (Å²) in [7, 11) is 0. The Bertz CT molecular complexity index is 459. The van der Waals surface area contributed by atoms with Crippen LogP contribution in [0.15, 0.2) is 12.3 Å². The van der Waals surface area contributed by atoms with E-state index in [1.807, 2.05) is 0 Å². The van der Waals surface area contributed by atoms with Crippen LogP contribution in [-0.4, -0.2) is 16.2 Å². The van der Waals surface area contributed by atoms with Crippen LogP contribution < -0.4 is 4.74 Å². The van der Waals surface area contributed by atoms with E-state index in [2.05, 4.69) is 4.98 Å². The molecule has 4 heteroatoms. The zero-order chi connectivity index (χ0) is 15.1. The molecule has 0 spiro atoms. The minimum atomic E-state index is -3.25. The Hall–Kier alpha value is -0.960. The molecule has 0 radical (unpaired) electrons. The van der Waals surface area contributed by atoms with Gasteiger partial charge in [0.2, 0.25) is 5.88 Å². The Morgan fingerprint density at radius 3 is 3.17 bits per heavy atom. The van der Waals surface area contributed by atoms with Crippen molar-refractivity contribution in [3.05, 3.63) is 17.3 Å². The molecule has 0 bridgehead atoms. The summed E-state index contributed by atoms with van der Waals surface area (Å²) in [6, 6.07) is 0.989. The fourth-order valence-corrected chi connectivity index (χ4v) is 0.786. The maximum absolute atomic E-state index is 9.08. The molecule has 0 atom stereocenters. The van der Waals surface area contributed by atoms with Crippen LogP contribution in [0.2, 0.25) is 5.02 Å². The zero-order valence-electron chi connectivity index (χ0n) is 12.8. The standard InChI is InChI=1S/C8H10ClNO2/c1-5(2)12-8-7(9)3-6(11)4-10-8/h3-5,11H,1-2H3/i1D3,2D3,5D. The molecule has 12 heavy (non-hydrogen) atoms. The fourth-order valence-electron chi connectivity index (χ4n) is 0.587. The molecule has 0 aliphatic heterocycles. The summed E-state index contributed by atoms with van der Waals surface area (Å²) < 4.78 is 55.2. The Labute approximate surface area is 85.8 Å². The minimum absolute atomic E-state index is 0.301. The first-order chi connectivity index (χ1) is 8.38. The van der Waals surface area contributed by atoms with E-state index in [0.29, 0.717) is 0 Å². The van der Waals surface area contributed by atoms with E-state index in [0.717, 1.165) is 12.3 Å². The number of pyridine rings is 1.